The molecular formula is C16H24N2O2. The summed E-state index contributed by atoms with van der Waals surface area (Å²) in [7, 11) is 5.56. The molecule has 1 saturated heterocycles. The molecular weight excluding hydrogens is 252 g/mol. The Balaban J connectivity index is 2.02. The molecule has 0 spiro atoms. The fraction of sp³-hybridized carbons (Fsp3) is 0.688. The first-order chi connectivity index (χ1) is 9.71. The lowest BCUT2D eigenvalue weighted by Gasteiger charge is -2.40. The summed E-state index contributed by atoms with van der Waals surface area (Å²) >= 11 is 0. The Morgan fingerprint density at radius 2 is 2.05 bits per heavy atom. The fourth-order valence-corrected chi connectivity index (χ4v) is 4.12. The minimum absolute atomic E-state index is 0.215. The molecule has 2 heterocycles. The van der Waals surface area contributed by atoms with Crippen molar-refractivity contribution in [2.24, 2.45) is 0 Å². The van der Waals surface area contributed by atoms with Gasteiger partial charge in [0, 0.05) is 11.5 Å². The van der Waals surface area contributed by atoms with Gasteiger partial charge in [-0.3, -0.25) is 0 Å². The number of pyridine rings is 1. The summed E-state index contributed by atoms with van der Waals surface area (Å²) in [6.45, 7) is 1.17. The zero-order valence-electron chi connectivity index (χ0n) is 12.7. The molecule has 1 aromatic heterocycles. The van der Waals surface area contributed by atoms with Crippen LogP contribution in [0.4, 0.5) is 0 Å². The second-order valence-electron chi connectivity index (χ2n) is 6.06. The zero-order valence-corrected chi connectivity index (χ0v) is 12.7. The minimum atomic E-state index is 0.215. The largest absolute Gasteiger partial charge is 0.491 e. The molecule has 20 heavy (non-hydrogen) atoms. The first kappa shape index (κ1) is 13.7. The molecule has 0 bridgehead atoms. The molecule has 110 valence electrons. The van der Waals surface area contributed by atoms with Gasteiger partial charge in [0.15, 0.2) is 5.75 Å². The Morgan fingerprint density at radius 1 is 1.20 bits per heavy atom. The van der Waals surface area contributed by atoms with Gasteiger partial charge in [0.1, 0.15) is 0 Å². The first-order valence-corrected chi connectivity index (χ1v) is 7.51. The van der Waals surface area contributed by atoms with Crippen LogP contribution < -0.4 is 9.47 Å². The van der Waals surface area contributed by atoms with Gasteiger partial charge < -0.3 is 14.4 Å². The number of nitrogens with zero attached hydrogens (tertiary/aromatic N) is 2. The van der Waals surface area contributed by atoms with E-state index < -0.39 is 0 Å². The van der Waals surface area contributed by atoms with Gasteiger partial charge in [-0.2, -0.15) is 0 Å². The maximum atomic E-state index is 5.39. The van der Waals surface area contributed by atoms with E-state index in [1.165, 1.54) is 44.3 Å². The highest BCUT2D eigenvalue weighted by Gasteiger charge is 2.49. The fourth-order valence-electron chi connectivity index (χ4n) is 4.12. The lowest BCUT2D eigenvalue weighted by molar-refractivity contribution is 0.177. The normalized spacial score (nSPS) is 30.1. The quantitative estimate of drug-likeness (QED) is 0.850. The van der Waals surface area contributed by atoms with Crippen LogP contribution >= 0.6 is 0 Å². The number of hydrogen-bond acceptors (Lipinski definition) is 4. The Bertz CT molecular complexity index is 487. The first-order valence-electron chi connectivity index (χ1n) is 7.51. The minimum Gasteiger partial charge on any atom is -0.491 e. The van der Waals surface area contributed by atoms with Gasteiger partial charge in [0.2, 0.25) is 0 Å². The highest BCUT2D eigenvalue weighted by atomic mass is 16.5. The van der Waals surface area contributed by atoms with Crippen molar-refractivity contribution in [1.82, 2.24) is 9.88 Å². The van der Waals surface area contributed by atoms with Crippen LogP contribution in [0.15, 0.2) is 12.1 Å². The number of methoxy groups -OCH3 is 2. The zero-order chi connectivity index (χ0) is 14.2. The van der Waals surface area contributed by atoms with E-state index in [1.54, 1.807) is 14.2 Å². The van der Waals surface area contributed by atoms with Gasteiger partial charge in [-0.25, -0.2) is 4.98 Å². The second-order valence-corrected chi connectivity index (χ2v) is 6.06. The average Bonchev–Trinajstić information content (AvgIpc) is 2.85. The van der Waals surface area contributed by atoms with E-state index in [2.05, 4.69) is 18.0 Å². The van der Waals surface area contributed by atoms with Crippen molar-refractivity contribution in [3.63, 3.8) is 0 Å². The van der Waals surface area contributed by atoms with Gasteiger partial charge >= 0.3 is 0 Å². The van der Waals surface area contributed by atoms with E-state index in [1.807, 2.05) is 6.07 Å². The molecule has 1 saturated carbocycles. The van der Waals surface area contributed by atoms with E-state index in [0.29, 0.717) is 17.7 Å². The van der Waals surface area contributed by atoms with E-state index in [0.717, 1.165) is 0 Å². The summed E-state index contributed by atoms with van der Waals surface area (Å²) in [6.07, 6.45) is 6.37. The predicted octanol–water partition coefficient (Wildman–Crippen LogP) is 2.61. The summed E-state index contributed by atoms with van der Waals surface area (Å²) in [6, 6.07) is 4.76. The highest BCUT2D eigenvalue weighted by molar-refractivity contribution is 5.38. The standard InChI is InChI=1S/C16H24N2O2/c1-18-11-10-16(9-5-4-6-14(16)18)13-8-7-12(19-2)15(17-13)20-3/h7-8,14H,4-6,9-11H2,1-3H3/t14-,16-/m1/s1. The third-order valence-corrected chi connectivity index (χ3v) is 5.18. The molecule has 4 heteroatoms. The molecule has 1 aliphatic heterocycles. The number of likely N-dealkylation sites (tertiary alicyclic amines) is 1. The van der Waals surface area contributed by atoms with Crippen LogP contribution in [0, 0.1) is 0 Å². The lowest BCUT2D eigenvalue weighted by atomic mass is 9.68. The van der Waals surface area contributed by atoms with Gasteiger partial charge in [-0.15, -0.1) is 0 Å². The Hall–Kier alpha value is -1.29. The Morgan fingerprint density at radius 3 is 2.80 bits per heavy atom. The SMILES string of the molecule is COc1ccc([C@]23CCCC[C@H]2N(C)CC3)nc1OC. The summed E-state index contributed by atoms with van der Waals surface area (Å²) in [5, 5.41) is 0. The third-order valence-electron chi connectivity index (χ3n) is 5.18. The number of fused-ring (bicyclic) bond motifs is 1. The van der Waals surface area contributed by atoms with Crippen LogP contribution in [0.25, 0.3) is 0 Å². The van der Waals surface area contributed by atoms with Gasteiger partial charge in [0.05, 0.1) is 19.9 Å². The summed E-state index contributed by atoms with van der Waals surface area (Å²) in [5.41, 5.74) is 1.40. The highest BCUT2D eigenvalue weighted by Crippen LogP contribution is 2.48. The number of aromatic nitrogens is 1. The third kappa shape index (κ3) is 1.97. The predicted molar refractivity (Wildman–Crippen MR) is 78.5 cm³/mol. The molecule has 2 atom stereocenters. The number of hydrogen-bond donors (Lipinski definition) is 0. The van der Waals surface area contributed by atoms with Crippen LogP contribution in [-0.4, -0.2) is 43.7 Å². The molecule has 2 fully saturated rings. The summed E-state index contributed by atoms with van der Waals surface area (Å²) < 4.78 is 10.7. The van der Waals surface area contributed by atoms with Gasteiger partial charge in [-0.1, -0.05) is 12.8 Å². The van der Waals surface area contributed by atoms with Crippen LogP contribution in [0.2, 0.25) is 0 Å². The van der Waals surface area contributed by atoms with Crippen LogP contribution in [0.1, 0.15) is 37.8 Å². The van der Waals surface area contributed by atoms with E-state index in [9.17, 15) is 0 Å². The Kier molecular flexibility index (Phi) is 3.59. The van der Waals surface area contributed by atoms with Crippen LogP contribution in [-0.2, 0) is 5.41 Å². The van der Waals surface area contributed by atoms with Gasteiger partial charge in [0.25, 0.3) is 5.88 Å². The van der Waals surface area contributed by atoms with E-state index >= 15 is 0 Å². The molecule has 0 unspecified atom stereocenters. The van der Waals surface area contributed by atoms with Crippen LogP contribution in [0.3, 0.4) is 0 Å². The maximum absolute atomic E-state index is 5.39. The molecule has 0 aromatic carbocycles. The molecule has 0 N–H and O–H groups in total. The van der Waals surface area contributed by atoms with Crippen molar-refractivity contribution in [1.29, 1.82) is 0 Å². The average molecular weight is 276 g/mol. The van der Waals surface area contributed by atoms with Crippen LogP contribution in [0.5, 0.6) is 11.6 Å². The maximum Gasteiger partial charge on any atom is 0.256 e. The van der Waals surface area contributed by atoms with Gasteiger partial charge in [-0.05, 0) is 45.0 Å². The molecule has 1 aromatic rings. The Labute approximate surface area is 121 Å². The van der Waals surface area contributed by atoms with Crippen molar-refractivity contribution < 1.29 is 9.47 Å². The lowest BCUT2D eigenvalue weighted by Crippen LogP contribution is -2.44. The van der Waals surface area contributed by atoms with Crippen molar-refractivity contribution in [3.8, 4) is 11.6 Å². The second kappa shape index (κ2) is 5.24. The van der Waals surface area contributed by atoms with E-state index in [-0.39, 0.29) is 5.41 Å². The molecule has 0 amide bonds. The van der Waals surface area contributed by atoms with Crippen molar-refractivity contribution in [2.75, 3.05) is 27.8 Å². The number of likely N-dealkylation sites (N-methyl/N-ethyl adjacent to an activating group) is 1. The molecule has 4 nitrogen and oxygen atoms in total. The summed E-state index contributed by atoms with van der Waals surface area (Å²) in [4.78, 5) is 7.29. The van der Waals surface area contributed by atoms with Crippen molar-refractivity contribution in [2.45, 2.75) is 43.6 Å². The number of ether oxygens (including phenoxy) is 2. The molecule has 2 aliphatic rings. The monoisotopic (exact) mass is 276 g/mol. The van der Waals surface area contributed by atoms with Crippen molar-refractivity contribution in [3.05, 3.63) is 17.8 Å². The molecule has 1 aliphatic carbocycles. The topological polar surface area (TPSA) is 34.6 Å². The summed E-state index contributed by atoms with van der Waals surface area (Å²) in [5.74, 6) is 1.32. The molecule has 0 radical (unpaired) electrons. The van der Waals surface area contributed by atoms with E-state index in [4.69, 9.17) is 14.5 Å². The molecule has 3 rings (SSSR count). The van der Waals surface area contributed by atoms with Crippen molar-refractivity contribution >= 4 is 0 Å². The number of rotatable bonds is 3. The smallest absolute Gasteiger partial charge is 0.256 e.